The van der Waals surface area contributed by atoms with Crippen LogP contribution in [0.15, 0.2) is 47.1 Å². The molecule has 0 aliphatic rings. The summed E-state index contributed by atoms with van der Waals surface area (Å²) in [5.74, 6) is -0.276. The van der Waals surface area contributed by atoms with Gasteiger partial charge < -0.3 is 15.4 Å². The Labute approximate surface area is 175 Å². The van der Waals surface area contributed by atoms with Gasteiger partial charge in [-0.3, -0.25) is 4.31 Å². The van der Waals surface area contributed by atoms with Crippen molar-refractivity contribution in [2.45, 2.75) is 31.7 Å². The number of rotatable bonds is 7. The number of hydrogen-bond acceptors (Lipinski definition) is 5. The Hall–Kier alpha value is -2.35. The Kier molecular flexibility index (Phi) is 6.62. The van der Waals surface area contributed by atoms with Crippen LogP contribution in [0.4, 0.5) is 4.39 Å². The van der Waals surface area contributed by atoms with Gasteiger partial charge in [0.15, 0.2) is 0 Å². The Bertz CT molecular complexity index is 1040. The molecule has 154 valence electrons. The van der Waals surface area contributed by atoms with Crippen molar-refractivity contribution in [2.75, 3.05) is 20.6 Å². The highest BCUT2D eigenvalue weighted by molar-refractivity contribution is 7.97. The molecule has 2 aromatic heterocycles. The van der Waals surface area contributed by atoms with E-state index in [0.717, 1.165) is 22.3 Å². The molecule has 0 bridgehead atoms. The van der Waals surface area contributed by atoms with Crippen molar-refractivity contribution in [3.8, 4) is 5.88 Å². The van der Waals surface area contributed by atoms with Gasteiger partial charge in [0, 0.05) is 34.7 Å². The van der Waals surface area contributed by atoms with Crippen molar-refractivity contribution in [3.63, 3.8) is 0 Å². The molecule has 0 unspecified atom stereocenters. The van der Waals surface area contributed by atoms with Crippen molar-refractivity contribution >= 4 is 23.0 Å². The Morgan fingerprint density at radius 3 is 2.59 bits per heavy atom. The molecular weight excluding hydrogens is 387 g/mol. The molecule has 3 aromatic rings. The smallest absolute Gasteiger partial charge is 0.214 e. The number of nitrogens with zero attached hydrogens (tertiary/aromatic N) is 3. The zero-order chi connectivity index (χ0) is 21.1. The van der Waals surface area contributed by atoms with E-state index in [0.29, 0.717) is 17.5 Å². The van der Waals surface area contributed by atoms with Crippen LogP contribution in [-0.4, -0.2) is 39.6 Å². The second-order valence-electron chi connectivity index (χ2n) is 7.26. The molecule has 0 fully saturated rings. The summed E-state index contributed by atoms with van der Waals surface area (Å²) in [5, 5.41) is 10.2. The lowest BCUT2D eigenvalue weighted by Crippen LogP contribution is -2.04. The number of halogens is 1. The van der Waals surface area contributed by atoms with Crippen molar-refractivity contribution in [2.24, 2.45) is 5.73 Å². The maximum absolute atomic E-state index is 14.2. The molecule has 3 N–H and O–H groups in total. The minimum atomic E-state index is -0.283. The second-order valence-corrected chi connectivity index (χ2v) is 8.64. The molecule has 0 saturated carbocycles. The van der Waals surface area contributed by atoms with E-state index < -0.39 is 0 Å². The number of fused-ring (bicyclic) bond motifs is 1. The van der Waals surface area contributed by atoms with Crippen LogP contribution in [0, 0.1) is 13.8 Å². The van der Waals surface area contributed by atoms with Gasteiger partial charge in [-0.1, -0.05) is 12.1 Å². The normalized spacial score (nSPS) is 12.3. The molecular formula is C22H27FN4OS. The van der Waals surface area contributed by atoms with Crippen LogP contribution in [0.1, 0.15) is 22.4 Å². The van der Waals surface area contributed by atoms with Crippen LogP contribution in [0.25, 0.3) is 11.0 Å². The van der Waals surface area contributed by atoms with E-state index in [9.17, 15) is 9.50 Å². The van der Waals surface area contributed by atoms with E-state index in [2.05, 4.69) is 29.2 Å². The van der Waals surface area contributed by atoms with E-state index in [4.69, 9.17) is 5.73 Å². The Morgan fingerprint density at radius 2 is 1.97 bits per heavy atom. The zero-order valence-corrected chi connectivity index (χ0v) is 18.1. The van der Waals surface area contributed by atoms with Crippen LogP contribution >= 0.6 is 11.9 Å². The van der Waals surface area contributed by atoms with E-state index in [1.54, 1.807) is 18.9 Å². The molecule has 0 amide bonds. The topological polar surface area (TPSA) is 67.3 Å². The van der Waals surface area contributed by atoms with Gasteiger partial charge >= 0.3 is 0 Å². The molecule has 7 heteroatoms. The first-order valence-electron chi connectivity index (χ1n) is 9.47. The molecule has 29 heavy (non-hydrogen) atoms. The molecule has 3 rings (SSSR count). The van der Waals surface area contributed by atoms with Gasteiger partial charge in [0.05, 0.1) is 17.6 Å². The summed E-state index contributed by atoms with van der Waals surface area (Å²) in [6.07, 6.45) is 2.03. The first-order valence-corrected chi connectivity index (χ1v) is 10.2. The molecule has 0 spiro atoms. The fraction of sp³-hybridized carbons (Fsp3) is 0.318. The average Bonchev–Trinajstić information content (AvgIpc) is 2.89. The van der Waals surface area contributed by atoms with E-state index >= 15 is 0 Å². The minimum Gasteiger partial charge on any atom is -0.493 e. The van der Waals surface area contributed by atoms with Gasteiger partial charge in [-0.25, -0.2) is 9.37 Å². The first-order chi connectivity index (χ1) is 13.8. The predicted octanol–water partition coefficient (Wildman–Crippen LogP) is 4.33. The zero-order valence-electron chi connectivity index (χ0n) is 17.2. The Balaban J connectivity index is 2.03. The summed E-state index contributed by atoms with van der Waals surface area (Å²) in [4.78, 5) is 5.59. The van der Waals surface area contributed by atoms with Gasteiger partial charge in [0.1, 0.15) is 5.83 Å². The van der Waals surface area contributed by atoms with E-state index in [-0.39, 0.29) is 24.8 Å². The lowest BCUT2D eigenvalue weighted by atomic mass is 10.0. The van der Waals surface area contributed by atoms with Crippen molar-refractivity contribution in [3.05, 3.63) is 64.6 Å². The van der Waals surface area contributed by atoms with E-state index in [1.165, 1.54) is 11.0 Å². The third kappa shape index (κ3) is 4.80. The quantitative estimate of drug-likeness (QED) is 0.563. The van der Waals surface area contributed by atoms with Crippen molar-refractivity contribution in [1.82, 2.24) is 13.9 Å². The highest BCUT2D eigenvalue weighted by Crippen LogP contribution is 2.31. The highest BCUT2D eigenvalue weighted by atomic mass is 32.2. The predicted molar refractivity (Wildman–Crippen MR) is 118 cm³/mol. The van der Waals surface area contributed by atoms with Crippen molar-refractivity contribution in [1.29, 1.82) is 0 Å². The molecule has 0 saturated heterocycles. The van der Waals surface area contributed by atoms with Crippen LogP contribution in [0.5, 0.6) is 5.88 Å². The number of nitrogens with two attached hydrogens (primary N) is 1. The number of benzene rings is 1. The van der Waals surface area contributed by atoms with Gasteiger partial charge in [-0.2, -0.15) is 0 Å². The standard InChI is InChI=1S/C22H27FN4OS/c1-14-11-20-21(25-22(14)28)19(15(2)27(20)13-17(23)9-10-24)12-16-5-7-18(8-6-16)29-26(3)4/h5-9,11H,10,12-13,24H2,1-4H3,(H,25,28)/b17-9-. The average molecular weight is 415 g/mol. The van der Waals surface area contributed by atoms with Crippen LogP contribution in [0.3, 0.4) is 0 Å². The lowest BCUT2D eigenvalue weighted by Gasteiger charge is -2.09. The number of aryl methyl sites for hydroxylation is 1. The van der Waals surface area contributed by atoms with Crippen molar-refractivity contribution < 1.29 is 9.50 Å². The van der Waals surface area contributed by atoms with Gasteiger partial charge in [0.25, 0.3) is 0 Å². The van der Waals surface area contributed by atoms with Gasteiger partial charge in [-0.05, 0) is 69.7 Å². The minimum absolute atomic E-state index is 0.00611. The van der Waals surface area contributed by atoms with Crippen LogP contribution in [-0.2, 0) is 13.0 Å². The number of aromatic hydroxyl groups is 1. The fourth-order valence-electron chi connectivity index (χ4n) is 3.37. The summed E-state index contributed by atoms with van der Waals surface area (Å²) < 4.78 is 18.2. The van der Waals surface area contributed by atoms with Gasteiger partial charge in [-0.15, -0.1) is 0 Å². The monoisotopic (exact) mass is 414 g/mol. The summed E-state index contributed by atoms with van der Waals surface area (Å²) in [6.45, 7) is 4.02. The fourth-order valence-corrected chi connectivity index (χ4v) is 4.05. The van der Waals surface area contributed by atoms with Crippen LogP contribution < -0.4 is 5.73 Å². The molecule has 0 aliphatic carbocycles. The number of aromatic nitrogens is 2. The maximum atomic E-state index is 14.2. The number of allylic oxidation sites excluding steroid dienone is 1. The molecule has 2 heterocycles. The van der Waals surface area contributed by atoms with Crippen LogP contribution in [0.2, 0.25) is 0 Å². The number of pyridine rings is 1. The summed E-state index contributed by atoms with van der Waals surface area (Å²) in [5.41, 5.74) is 10.7. The third-order valence-electron chi connectivity index (χ3n) is 4.83. The first kappa shape index (κ1) is 21.4. The summed E-state index contributed by atoms with van der Waals surface area (Å²) in [7, 11) is 4.02. The maximum Gasteiger partial charge on any atom is 0.214 e. The lowest BCUT2D eigenvalue weighted by molar-refractivity contribution is 0.451. The summed E-state index contributed by atoms with van der Waals surface area (Å²) in [6, 6.07) is 10.2. The molecule has 0 radical (unpaired) electrons. The Morgan fingerprint density at radius 1 is 1.28 bits per heavy atom. The SMILES string of the molecule is Cc1cc2c(nc1O)c(Cc1ccc(SN(C)C)cc1)c(C)n2C/C(F)=C/CN. The largest absolute Gasteiger partial charge is 0.493 e. The molecule has 1 aromatic carbocycles. The number of hydrogen-bond donors (Lipinski definition) is 2. The second kappa shape index (κ2) is 8.98. The highest BCUT2D eigenvalue weighted by Gasteiger charge is 2.18. The van der Waals surface area contributed by atoms with Gasteiger partial charge in [0.2, 0.25) is 5.88 Å². The molecule has 0 atom stereocenters. The third-order valence-corrected chi connectivity index (χ3v) is 5.67. The van der Waals surface area contributed by atoms with E-state index in [1.807, 2.05) is 36.0 Å². The molecule has 5 nitrogen and oxygen atoms in total. The summed E-state index contributed by atoms with van der Waals surface area (Å²) >= 11 is 1.66. The molecule has 0 aliphatic heterocycles.